The van der Waals surface area contributed by atoms with Crippen LogP contribution in [0.3, 0.4) is 0 Å². The van der Waals surface area contributed by atoms with Gasteiger partial charge in [0.2, 0.25) is 11.8 Å². The van der Waals surface area contributed by atoms with Gasteiger partial charge in [-0.25, -0.2) is 4.98 Å². The Hall–Kier alpha value is -1.85. The number of carbonyl (C=O) groups is 2. The summed E-state index contributed by atoms with van der Waals surface area (Å²) in [5, 5.41) is 0. The lowest BCUT2D eigenvalue weighted by molar-refractivity contribution is -0.155. The summed E-state index contributed by atoms with van der Waals surface area (Å²) in [5.41, 5.74) is 0. The molecule has 0 radical (unpaired) electrons. The molecule has 0 aromatic carbocycles. The number of hydrogen-bond acceptors (Lipinski definition) is 3. The van der Waals surface area contributed by atoms with Crippen molar-refractivity contribution in [2.45, 2.75) is 39.3 Å². The molecule has 2 amide bonds. The normalized spacial score (nSPS) is 19.8. The molecule has 1 aliphatic heterocycles. The molecule has 1 fully saturated rings. The molecular formula is C14H22N4O2. The Morgan fingerprint density at radius 1 is 1.30 bits per heavy atom. The smallest absolute Gasteiger partial charge is 0.245 e. The molecule has 0 unspecified atom stereocenters. The molecule has 1 aromatic rings. The monoisotopic (exact) mass is 278 g/mol. The number of piperazine rings is 1. The van der Waals surface area contributed by atoms with Crippen molar-refractivity contribution >= 4 is 11.8 Å². The van der Waals surface area contributed by atoms with E-state index >= 15 is 0 Å². The first kappa shape index (κ1) is 14.6. The third-order valence-corrected chi connectivity index (χ3v) is 3.65. The van der Waals surface area contributed by atoms with Crippen molar-refractivity contribution in [1.29, 1.82) is 0 Å². The first-order valence-electron chi connectivity index (χ1n) is 7.17. The molecule has 110 valence electrons. The van der Waals surface area contributed by atoms with Gasteiger partial charge in [-0.1, -0.05) is 6.92 Å². The van der Waals surface area contributed by atoms with E-state index < -0.39 is 0 Å². The van der Waals surface area contributed by atoms with Gasteiger partial charge in [-0.3, -0.25) is 9.59 Å². The van der Waals surface area contributed by atoms with Crippen LogP contribution in [0.15, 0.2) is 18.7 Å². The molecule has 0 saturated carbocycles. The molecule has 0 spiro atoms. The summed E-state index contributed by atoms with van der Waals surface area (Å²) in [5.74, 6) is 0.116. The minimum absolute atomic E-state index is 0.0520. The van der Waals surface area contributed by atoms with Crippen LogP contribution in [0.2, 0.25) is 0 Å². The van der Waals surface area contributed by atoms with Crippen LogP contribution in [0.4, 0.5) is 0 Å². The maximum atomic E-state index is 12.2. The van der Waals surface area contributed by atoms with Gasteiger partial charge in [0, 0.05) is 32.0 Å². The Morgan fingerprint density at radius 3 is 2.75 bits per heavy atom. The zero-order valence-corrected chi connectivity index (χ0v) is 12.2. The van der Waals surface area contributed by atoms with Crippen molar-refractivity contribution in [2.24, 2.45) is 0 Å². The summed E-state index contributed by atoms with van der Waals surface area (Å²) < 4.78 is 1.98. The van der Waals surface area contributed by atoms with Crippen molar-refractivity contribution in [3.05, 3.63) is 18.7 Å². The highest BCUT2D eigenvalue weighted by molar-refractivity contribution is 5.94. The molecule has 2 rings (SSSR count). The second-order valence-corrected chi connectivity index (χ2v) is 5.18. The van der Waals surface area contributed by atoms with Crippen molar-refractivity contribution < 1.29 is 9.59 Å². The van der Waals surface area contributed by atoms with Gasteiger partial charge in [0.05, 0.1) is 12.9 Å². The maximum Gasteiger partial charge on any atom is 0.245 e. The van der Waals surface area contributed by atoms with Gasteiger partial charge in [-0.05, 0) is 19.8 Å². The van der Waals surface area contributed by atoms with E-state index in [0.29, 0.717) is 13.1 Å². The summed E-state index contributed by atoms with van der Waals surface area (Å²) in [6.45, 7) is 6.15. The zero-order valence-electron chi connectivity index (χ0n) is 12.2. The fourth-order valence-electron chi connectivity index (χ4n) is 2.57. The molecule has 1 aliphatic rings. The number of aryl methyl sites for hydroxylation is 1. The van der Waals surface area contributed by atoms with E-state index in [-0.39, 0.29) is 24.4 Å². The molecule has 6 heteroatoms. The van der Waals surface area contributed by atoms with Crippen LogP contribution < -0.4 is 0 Å². The summed E-state index contributed by atoms with van der Waals surface area (Å²) in [7, 11) is 0. The molecule has 6 nitrogen and oxygen atoms in total. The minimum Gasteiger partial charge on any atom is -0.337 e. The van der Waals surface area contributed by atoms with Gasteiger partial charge in [-0.15, -0.1) is 0 Å². The number of rotatable bonds is 6. The van der Waals surface area contributed by atoms with Gasteiger partial charge in [-0.2, -0.15) is 0 Å². The van der Waals surface area contributed by atoms with Crippen LogP contribution in [0.25, 0.3) is 0 Å². The Morgan fingerprint density at radius 2 is 2.10 bits per heavy atom. The lowest BCUT2D eigenvalue weighted by atomic mass is 10.1. The highest BCUT2D eigenvalue weighted by atomic mass is 16.2. The number of nitrogens with zero attached hydrogens (tertiary/aromatic N) is 4. The van der Waals surface area contributed by atoms with Gasteiger partial charge in [0.15, 0.2) is 0 Å². The third-order valence-electron chi connectivity index (χ3n) is 3.65. The topological polar surface area (TPSA) is 58.4 Å². The Balaban J connectivity index is 1.88. The number of imidazole rings is 1. The molecule has 1 saturated heterocycles. The Bertz CT molecular complexity index is 458. The van der Waals surface area contributed by atoms with E-state index in [2.05, 4.69) is 4.98 Å². The standard InChI is InChI=1S/C14H22N4O2/c1-3-6-17-10-13(19)18(12(2)14(17)20)8-4-7-16-9-5-15-11-16/h5,9,11-12H,3-4,6-8,10H2,1-2H3/t12-/m0/s1. The van der Waals surface area contributed by atoms with Crippen LogP contribution in [-0.4, -0.2) is 56.8 Å². The first-order chi connectivity index (χ1) is 9.63. The maximum absolute atomic E-state index is 12.2. The van der Waals surface area contributed by atoms with Crippen LogP contribution in [0, 0.1) is 0 Å². The zero-order chi connectivity index (χ0) is 14.5. The van der Waals surface area contributed by atoms with Crippen LogP contribution in [-0.2, 0) is 16.1 Å². The first-order valence-corrected chi connectivity index (χ1v) is 7.17. The van der Waals surface area contributed by atoms with Crippen molar-refractivity contribution in [3.63, 3.8) is 0 Å². The second-order valence-electron chi connectivity index (χ2n) is 5.18. The van der Waals surface area contributed by atoms with Gasteiger partial charge in [0.1, 0.15) is 6.04 Å². The van der Waals surface area contributed by atoms with Crippen molar-refractivity contribution in [3.8, 4) is 0 Å². The molecule has 20 heavy (non-hydrogen) atoms. The number of amides is 2. The quantitative estimate of drug-likeness (QED) is 0.771. The van der Waals surface area contributed by atoms with Gasteiger partial charge in [0.25, 0.3) is 0 Å². The minimum atomic E-state index is -0.342. The summed E-state index contributed by atoms with van der Waals surface area (Å²) >= 11 is 0. The van der Waals surface area contributed by atoms with Crippen molar-refractivity contribution in [1.82, 2.24) is 19.4 Å². The van der Waals surface area contributed by atoms with Crippen molar-refractivity contribution in [2.75, 3.05) is 19.6 Å². The van der Waals surface area contributed by atoms with Gasteiger partial charge >= 0.3 is 0 Å². The number of carbonyl (C=O) groups excluding carboxylic acids is 2. The molecular weight excluding hydrogens is 256 g/mol. The SMILES string of the molecule is CCCN1CC(=O)N(CCCn2ccnc2)[C@@H](C)C1=O. The average Bonchev–Trinajstić information content (AvgIpc) is 2.93. The highest BCUT2D eigenvalue weighted by Gasteiger charge is 2.35. The third kappa shape index (κ3) is 3.18. The van der Waals surface area contributed by atoms with E-state index in [1.165, 1.54) is 0 Å². The number of hydrogen-bond donors (Lipinski definition) is 0. The van der Waals surface area contributed by atoms with E-state index in [1.807, 2.05) is 24.6 Å². The Kier molecular flexibility index (Phi) is 4.76. The fourth-order valence-corrected chi connectivity index (χ4v) is 2.57. The molecule has 2 heterocycles. The number of aromatic nitrogens is 2. The molecule has 1 aromatic heterocycles. The van der Waals surface area contributed by atoms with Crippen LogP contribution in [0.5, 0.6) is 0 Å². The second kappa shape index (κ2) is 6.54. The van der Waals surface area contributed by atoms with E-state index in [0.717, 1.165) is 19.4 Å². The fraction of sp³-hybridized carbons (Fsp3) is 0.643. The highest BCUT2D eigenvalue weighted by Crippen LogP contribution is 2.13. The van der Waals surface area contributed by atoms with Gasteiger partial charge < -0.3 is 14.4 Å². The lowest BCUT2D eigenvalue weighted by Crippen LogP contribution is -2.59. The molecule has 0 N–H and O–H groups in total. The van der Waals surface area contributed by atoms with E-state index in [1.54, 1.807) is 22.3 Å². The predicted molar refractivity (Wildman–Crippen MR) is 74.9 cm³/mol. The largest absolute Gasteiger partial charge is 0.337 e. The van der Waals surface area contributed by atoms with E-state index in [4.69, 9.17) is 0 Å². The van der Waals surface area contributed by atoms with Crippen LogP contribution >= 0.6 is 0 Å². The average molecular weight is 278 g/mol. The summed E-state index contributed by atoms with van der Waals surface area (Å²) in [6.07, 6.45) is 7.10. The molecule has 0 aliphatic carbocycles. The summed E-state index contributed by atoms with van der Waals surface area (Å²) in [6, 6.07) is -0.342. The predicted octanol–water partition coefficient (Wildman–Crippen LogP) is 0.742. The lowest BCUT2D eigenvalue weighted by Gasteiger charge is -2.38. The summed E-state index contributed by atoms with van der Waals surface area (Å²) in [4.78, 5) is 31.7. The van der Waals surface area contributed by atoms with Crippen LogP contribution in [0.1, 0.15) is 26.7 Å². The molecule has 0 bridgehead atoms. The molecule has 1 atom stereocenters. The van der Waals surface area contributed by atoms with E-state index in [9.17, 15) is 9.59 Å². The Labute approximate surface area is 119 Å².